The van der Waals surface area contributed by atoms with Crippen molar-refractivity contribution in [1.82, 2.24) is 15.1 Å². The fourth-order valence-corrected chi connectivity index (χ4v) is 3.21. The summed E-state index contributed by atoms with van der Waals surface area (Å²) in [7, 11) is 0. The number of hydrogen-bond acceptors (Lipinski definition) is 3. The van der Waals surface area contributed by atoms with E-state index in [1.165, 1.54) is 0 Å². The number of rotatable bonds is 5. The summed E-state index contributed by atoms with van der Waals surface area (Å²) in [6.07, 6.45) is 3.74. The second-order valence-electron chi connectivity index (χ2n) is 5.77. The number of carbonyl (C=O) groups is 2. The molecule has 1 aromatic carbocycles. The topological polar surface area (TPSA) is 84.2 Å². The van der Waals surface area contributed by atoms with Gasteiger partial charge in [-0.15, -0.1) is 0 Å². The average molecular weight is 392 g/mol. The molecular weight excluding hydrogens is 374 g/mol. The highest BCUT2D eigenvalue weighted by Gasteiger charge is 2.25. The van der Waals surface area contributed by atoms with E-state index in [1.54, 1.807) is 0 Å². The molecule has 6 nitrogen and oxygen atoms in total. The van der Waals surface area contributed by atoms with Crippen LogP contribution in [0.15, 0.2) is 28.7 Å². The molecule has 0 saturated carbocycles. The first-order chi connectivity index (χ1) is 11.6. The SMILES string of the molecule is O=C(O)CCNC(=O)c1nn(-c2ccc(Br)cc2)c2c1CCCC2. The van der Waals surface area contributed by atoms with Crippen LogP contribution in [0.1, 0.15) is 41.0 Å². The Labute approximate surface area is 148 Å². The maximum absolute atomic E-state index is 12.4. The molecule has 1 aliphatic carbocycles. The molecule has 3 rings (SSSR count). The number of nitrogens with one attached hydrogen (secondary N) is 1. The van der Waals surface area contributed by atoms with Crippen molar-refractivity contribution in [1.29, 1.82) is 0 Å². The molecule has 0 unspecified atom stereocenters. The Kier molecular flexibility index (Phi) is 4.99. The average Bonchev–Trinajstić information content (AvgIpc) is 2.95. The van der Waals surface area contributed by atoms with Crippen molar-refractivity contribution < 1.29 is 14.7 Å². The summed E-state index contributed by atoms with van der Waals surface area (Å²) in [5.41, 5.74) is 3.39. The van der Waals surface area contributed by atoms with Crippen LogP contribution in [-0.2, 0) is 17.6 Å². The van der Waals surface area contributed by atoms with Crippen molar-refractivity contribution in [2.75, 3.05) is 6.54 Å². The van der Waals surface area contributed by atoms with Gasteiger partial charge in [0.25, 0.3) is 5.91 Å². The Balaban J connectivity index is 1.91. The normalized spacial score (nSPS) is 13.4. The lowest BCUT2D eigenvalue weighted by Gasteiger charge is -2.14. The summed E-state index contributed by atoms with van der Waals surface area (Å²) >= 11 is 3.42. The number of benzene rings is 1. The lowest BCUT2D eigenvalue weighted by Crippen LogP contribution is -2.27. The minimum absolute atomic E-state index is 0.0959. The van der Waals surface area contributed by atoms with E-state index in [4.69, 9.17) is 5.11 Å². The van der Waals surface area contributed by atoms with Crippen molar-refractivity contribution in [2.45, 2.75) is 32.1 Å². The second kappa shape index (κ2) is 7.17. The fourth-order valence-electron chi connectivity index (χ4n) is 2.94. The smallest absolute Gasteiger partial charge is 0.305 e. The lowest BCUT2D eigenvalue weighted by molar-refractivity contribution is -0.136. The molecule has 2 N–H and O–H groups in total. The molecule has 1 heterocycles. The molecule has 1 aromatic heterocycles. The number of aliphatic carboxylic acids is 1. The van der Waals surface area contributed by atoms with E-state index in [0.29, 0.717) is 5.69 Å². The van der Waals surface area contributed by atoms with Gasteiger partial charge in [0.1, 0.15) is 0 Å². The third-order valence-corrected chi connectivity index (χ3v) is 4.62. The quantitative estimate of drug-likeness (QED) is 0.820. The molecule has 24 heavy (non-hydrogen) atoms. The molecule has 0 spiro atoms. The minimum atomic E-state index is -0.933. The first-order valence-corrected chi connectivity index (χ1v) is 8.72. The summed E-state index contributed by atoms with van der Waals surface area (Å²) in [5.74, 6) is -1.23. The lowest BCUT2D eigenvalue weighted by atomic mass is 9.95. The van der Waals surface area contributed by atoms with Crippen LogP contribution >= 0.6 is 15.9 Å². The molecule has 0 atom stereocenters. The number of amides is 1. The Morgan fingerprint density at radius 2 is 1.92 bits per heavy atom. The van der Waals surface area contributed by atoms with Crippen LogP contribution in [0.3, 0.4) is 0 Å². The van der Waals surface area contributed by atoms with E-state index >= 15 is 0 Å². The number of nitrogens with zero attached hydrogens (tertiary/aromatic N) is 2. The molecule has 7 heteroatoms. The Morgan fingerprint density at radius 3 is 2.62 bits per heavy atom. The van der Waals surface area contributed by atoms with Crippen LogP contribution in [0.2, 0.25) is 0 Å². The number of fused-ring (bicyclic) bond motifs is 1. The first kappa shape index (κ1) is 16.7. The van der Waals surface area contributed by atoms with E-state index in [2.05, 4.69) is 26.3 Å². The zero-order valence-corrected chi connectivity index (χ0v) is 14.7. The maximum atomic E-state index is 12.4. The molecular formula is C17H18BrN3O3. The van der Waals surface area contributed by atoms with Crippen LogP contribution < -0.4 is 5.32 Å². The third-order valence-electron chi connectivity index (χ3n) is 4.09. The van der Waals surface area contributed by atoms with Gasteiger partial charge in [-0.3, -0.25) is 9.59 Å². The summed E-state index contributed by atoms with van der Waals surface area (Å²) in [4.78, 5) is 23.0. The first-order valence-electron chi connectivity index (χ1n) is 7.93. The molecule has 0 bridgehead atoms. The molecule has 1 aliphatic rings. The number of aromatic nitrogens is 2. The van der Waals surface area contributed by atoms with Gasteiger partial charge in [0.2, 0.25) is 0 Å². The molecule has 0 fully saturated rings. The van der Waals surface area contributed by atoms with Gasteiger partial charge in [-0.1, -0.05) is 15.9 Å². The Hall–Kier alpha value is -2.15. The van der Waals surface area contributed by atoms with Gasteiger partial charge in [-0.2, -0.15) is 5.10 Å². The summed E-state index contributed by atoms with van der Waals surface area (Å²) < 4.78 is 2.83. The molecule has 0 saturated heterocycles. The fraction of sp³-hybridized carbons (Fsp3) is 0.353. The minimum Gasteiger partial charge on any atom is -0.481 e. The molecule has 0 radical (unpaired) electrons. The van der Waals surface area contributed by atoms with Crippen molar-refractivity contribution >= 4 is 27.8 Å². The van der Waals surface area contributed by atoms with Crippen molar-refractivity contribution in [3.8, 4) is 5.69 Å². The summed E-state index contributed by atoms with van der Waals surface area (Å²) in [5, 5.41) is 15.9. The van der Waals surface area contributed by atoms with Crippen LogP contribution in [-0.4, -0.2) is 33.3 Å². The highest BCUT2D eigenvalue weighted by Crippen LogP contribution is 2.27. The number of carboxylic acid groups (broad SMARTS) is 1. The maximum Gasteiger partial charge on any atom is 0.305 e. The third kappa shape index (κ3) is 3.51. The van der Waals surface area contributed by atoms with Crippen LogP contribution in [0.25, 0.3) is 5.69 Å². The van der Waals surface area contributed by atoms with E-state index in [9.17, 15) is 9.59 Å². The summed E-state index contributed by atoms with van der Waals surface area (Å²) in [6, 6.07) is 7.80. The number of halogens is 1. The van der Waals surface area contributed by atoms with E-state index in [-0.39, 0.29) is 18.9 Å². The van der Waals surface area contributed by atoms with Gasteiger partial charge in [0.05, 0.1) is 12.1 Å². The van der Waals surface area contributed by atoms with E-state index in [1.807, 2.05) is 28.9 Å². The zero-order chi connectivity index (χ0) is 17.1. The van der Waals surface area contributed by atoms with Gasteiger partial charge in [-0.25, -0.2) is 4.68 Å². The molecule has 1 amide bonds. The van der Waals surface area contributed by atoms with Crippen LogP contribution in [0.5, 0.6) is 0 Å². The second-order valence-corrected chi connectivity index (χ2v) is 6.68. The highest BCUT2D eigenvalue weighted by molar-refractivity contribution is 9.10. The number of carbonyl (C=O) groups excluding carboxylic acids is 1. The standard InChI is InChI=1S/C17H18BrN3O3/c18-11-5-7-12(8-6-11)21-14-4-2-1-3-13(14)16(20-21)17(24)19-10-9-15(22)23/h5-8H,1-4,9-10H2,(H,19,24)(H,22,23). The van der Waals surface area contributed by atoms with Gasteiger partial charge >= 0.3 is 5.97 Å². The van der Waals surface area contributed by atoms with Gasteiger partial charge in [0, 0.05) is 22.3 Å². The van der Waals surface area contributed by atoms with Gasteiger partial charge in [-0.05, 0) is 49.9 Å². The van der Waals surface area contributed by atoms with Crippen molar-refractivity contribution in [3.63, 3.8) is 0 Å². The largest absolute Gasteiger partial charge is 0.481 e. The molecule has 2 aromatic rings. The van der Waals surface area contributed by atoms with Gasteiger partial charge in [0.15, 0.2) is 5.69 Å². The molecule has 0 aliphatic heterocycles. The summed E-state index contributed by atoms with van der Waals surface area (Å²) in [6.45, 7) is 0.105. The predicted molar refractivity (Wildman–Crippen MR) is 92.5 cm³/mol. The number of carboxylic acids is 1. The Morgan fingerprint density at radius 1 is 1.21 bits per heavy atom. The predicted octanol–water partition coefficient (Wildman–Crippen LogP) is 2.72. The van der Waals surface area contributed by atoms with E-state index in [0.717, 1.165) is 47.1 Å². The zero-order valence-electron chi connectivity index (χ0n) is 13.1. The van der Waals surface area contributed by atoms with Crippen molar-refractivity contribution in [2.24, 2.45) is 0 Å². The highest BCUT2D eigenvalue weighted by atomic mass is 79.9. The van der Waals surface area contributed by atoms with Gasteiger partial charge < -0.3 is 10.4 Å². The van der Waals surface area contributed by atoms with E-state index < -0.39 is 5.97 Å². The molecule has 126 valence electrons. The van der Waals surface area contributed by atoms with Crippen LogP contribution in [0.4, 0.5) is 0 Å². The number of hydrogen-bond donors (Lipinski definition) is 2. The van der Waals surface area contributed by atoms with Crippen molar-refractivity contribution in [3.05, 3.63) is 45.7 Å². The van der Waals surface area contributed by atoms with Crippen LogP contribution in [0, 0.1) is 0 Å². The monoisotopic (exact) mass is 391 g/mol. The Bertz CT molecular complexity index is 768.